The molecule has 0 saturated heterocycles. The van der Waals surface area contributed by atoms with Crippen LogP contribution in [0.1, 0.15) is 31.9 Å². The van der Waals surface area contributed by atoms with E-state index in [0.29, 0.717) is 11.3 Å². The van der Waals surface area contributed by atoms with E-state index in [1.165, 1.54) is 30.3 Å². The summed E-state index contributed by atoms with van der Waals surface area (Å²) in [6, 6.07) is 7.05. The van der Waals surface area contributed by atoms with Crippen molar-refractivity contribution >= 4 is 5.91 Å². The summed E-state index contributed by atoms with van der Waals surface area (Å²) in [5, 5.41) is 2.35. The third-order valence-electron chi connectivity index (χ3n) is 4.07. The normalized spacial score (nSPS) is 14.1. The van der Waals surface area contributed by atoms with E-state index >= 15 is 0 Å². The number of hydrogen-bond donors (Lipinski definition) is 3. The smallest absolute Gasteiger partial charge is 0.368 e. The maximum Gasteiger partial charge on any atom is 0.407 e. The molecule has 8 heteroatoms. The fourth-order valence-electron chi connectivity index (χ4n) is 2.79. The first-order chi connectivity index (χ1) is 12.6. The lowest BCUT2D eigenvalue weighted by Gasteiger charge is -2.27. The molecule has 0 aliphatic heterocycles. The zero-order valence-electron chi connectivity index (χ0n) is 15.0. The number of nitrogens with two attached hydrogens (primary N) is 1. The van der Waals surface area contributed by atoms with Crippen molar-refractivity contribution in [2.24, 2.45) is 11.7 Å². The number of halogens is 3. The number of carbonyl (C=O) groups excluding carboxylic acids is 1. The fraction of sp³-hybridized carbons (Fsp3) is 0.368. The molecule has 146 valence electrons. The molecule has 1 aromatic carbocycles. The van der Waals surface area contributed by atoms with Crippen LogP contribution in [-0.2, 0) is 4.79 Å². The van der Waals surface area contributed by atoms with Crippen molar-refractivity contribution in [2.75, 3.05) is 0 Å². The van der Waals surface area contributed by atoms with Crippen LogP contribution in [0.2, 0.25) is 0 Å². The van der Waals surface area contributed by atoms with Gasteiger partial charge in [-0.3, -0.25) is 14.9 Å². The van der Waals surface area contributed by atoms with Crippen molar-refractivity contribution in [2.45, 2.75) is 38.5 Å². The van der Waals surface area contributed by atoms with Gasteiger partial charge in [0.05, 0.1) is 6.04 Å². The Bertz CT molecular complexity index is 829. The van der Waals surface area contributed by atoms with E-state index in [1.807, 2.05) is 0 Å². The van der Waals surface area contributed by atoms with Gasteiger partial charge in [-0.05, 0) is 29.5 Å². The molecule has 0 bridgehead atoms. The number of H-pyrrole nitrogens is 1. The van der Waals surface area contributed by atoms with Gasteiger partial charge in [-0.25, -0.2) is 0 Å². The summed E-state index contributed by atoms with van der Waals surface area (Å²) in [5.41, 5.74) is 6.00. The summed E-state index contributed by atoms with van der Waals surface area (Å²) in [5.74, 6) is -0.822. The summed E-state index contributed by atoms with van der Waals surface area (Å²) >= 11 is 0. The Balaban J connectivity index is 2.31. The molecule has 2 atom stereocenters. The summed E-state index contributed by atoms with van der Waals surface area (Å²) in [7, 11) is 0. The van der Waals surface area contributed by atoms with Crippen LogP contribution in [0.15, 0.2) is 47.3 Å². The lowest BCUT2D eigenvalue weighted by molar-refractivity contribution is -0.160. The molecule has 0 spiro atoms. The molecular weight excluding hydrogens is 359 g/mol. The highest BCUT2D eigenvalue weighted by Gasteiger charge is 2.42. The molecule has 1 heterocycles. The number of amides is 1. The Morgan fingerprint density at radius 3 is 2.26 bits per heavy atom. The molecule has 0 saturated carbocycles. The van der Waals surface area contributed by atoms with Crippen LogP contribution >= 0.6 is 0 Å². The van der Waals surface area contributed by atoms with E-state index in [2.05, 4.69) is 10.3 Å². The SMILES string of the molecule is CC(C)C[C@H](N[C@@H](c1ccc(-c2cccc(=O)[nH]2)cc1)C(F)(F)F)C(N)=O. The van der Waals surface area contributed by atoms with E-state index in [1.54, 1.807) is 26.0 Å². The second-order valence-electron chi connectivity index (χ2n) is 6.78. The Labute approximate surface area is 154 Å². The van der Waals surface area contributed by atoms with Crippen molar-refractivity contribution in [3.63, 3.8) is 0 Å². The largest absolute Gasteiger partial charge is 0.407 e. The number of hydrogen-bond acceptors (Lipinski definition) is 3. The molecule has 0 radical (unpaired) electrons. The van der Waals surface area contributed by atoms with Gasteiger partial charge in [-0.2, -0.15) is 13.2 Å². The van der Waals surface area contributed by atoms with Crippen LogP contribution in [-0.4, -0.2) is 23.1 Å². The van der Waals surface area contributed by atoms with Crippen LogP contribution in [0.25, 0.3) is 11.3 Å². The average molecular weight is 381 g/mol. The molecule has 0 fully saturated rings. The van der Waals surface area contributed by atoms with E-state index in [9.17, 15) is 22.8 Å². The molecule has 0 aliphatic carbocycles. The Kier molecular flexibility index (Phi) is 6.43. The van der Waals surface area contributed by atoms with Gasteiger partial charge in [0, 0.05) is 11.8 Å². The van der Waals surface area contributed by atoms with E-state index in [-0.39, 0.29) is 23.5 Å². The van der Waals surface area contributed by atoms with Gasteiger partial charge in [-0.15, -0.1) is 0 Å². The zero-order chi connectivity index (χ0) is 20.2. The van der Waals surface area contributed by atoms with Crippen molar-refractivity contribution in [1.82, 2.24) is 10.3 Å². The summed E-state index contributed by atoms with van der Waals surface area (Å²) < 4.78 is 40.7. The van der Waals surface area contributed by atoms with Gasteiger partial charge in [0.1, 0.15) is 6.04 Å². The van der Waals surface area contributed by atoms with E-state index in [0.717, 1.165) is 0 Å². The third kappa shape index (κ3) is 5.68. The number of primary amides is 1. The molecule has 2 aromatic rings. The number of rotatable bonds is 7. The maximum atomic E-state index is 13.6. The summed E-state index contributed by atoms with van der Waals surface area (Å²) in [6.07, 6.45) is -4.40. The van der Waals surface area contributed by atoms with Crippen LogP contribution in [0.4, 0.5) is 13.2 Å². The number of nitrogens with one attached hydrogen (secondary N) is 2. The Hall–Kier alpha value is -2.61. The fourth-order valence-corrected chi connectivity index (χ4v) is 2.79. The topological polar surface area (TPSA) is 88.0 Å². The number of alkyl halides is 3. The summed E-state index contributed by atoms with van der Waals surface area (Å²) in [4.78, 5) is 25.6. The predicted octanol–water partition coefficient (Wildman–Crippen LogP) is 3.13. The van der Waals surface area contributed by atoms with E-state index < -0.39 is 24.2 Å². The van der Waals surface area contributed by atoms with E-state index in [4.69, 9.17) is 5.73 Å². The standard InChI is InChI=1S/C19H22F3N3O2/c1-11(2)10-15(18(23)27)25-17(19(20,21)22)13-8-6-12(7-9-13)14-4-3-5-16(26)24-14/h3-9,11,15,17,25H,10H2,1-2H3,(H2,23,27)(H,24,26)/t15-,17-/m0/s1. The molecule has 0 unspecified atom stereocenters. The number of benzene rings is 1. The van der Waals surface area contributed by atoms with Gasteiger partial charge in [0.15, 0.2) is 0 Å². The molecule has 1 amide bonds. The minimum Gasteiger partial charge on any atom is -0.368 e. The number of carbonyl (C=O) groups is 1. The number of aromatic nitrogens is 1. The van der Waals surface area contributed by atoms with Crippen LogP contribution in [0.3, 0.4) is 0 Å². The minimum atomic E-state index is -4.60. The molecule has 5 nitrogen and oxygen atoms in total. The van der Waals surface area contributed by atoms with Gasteiger partial charge in [0.25, 0.3) is 0 Å². The molecule has 27 heavy (non-hydrogen) atoms. The van der Waals surface area contributed by atoms with Crippen molar-refractivity contribution < 1.29 is 18.0 Å². The van der Waals surface area contributed by atoms with Crippen LogP contribution < -0.4 is 16.6 Å². The highest BCUT2D eigenvalue weighted by molar-refractivity contribution is 5.79. The highest BCUT2D eigenvalue weighted by atomic mass is 19.4. The lowest BCUT2D eigenvalue weighted by Crippen LogP contribution is -2.47. The second-order valence-corrected chi connectivity index (χ2v) is 6.78. The molecule has 0 aliphatic rings. The quantitative estimate of drug-likeness (QED) is 0.689. The number of aromatic amines is 1. The Morgan fingerprint density at radius 1 is 1.15 bits per heavy atom. The monoisotopic (exact) mass is 381 g/mol. The molecule has 4 N–H and O–H groups in total. The number of pyridine rings is 1. The predicted molar refractivity (Wildman–Crippen MR) is 96.9 cm³/mol. The molecule has 2 rings (SSSR count). The highest BCUT2D eigenvalue weighted by Crippen LogP contribution is 2.34. The van der Waals surface area contributed by atoms with Crippen LogP contribution in [0, 0.1) is 5.92 Å². The lowest BCUT2D eigenvalue weighted by atomic mass is 9.98. The molecular formula is C19H22F3N3O2. The first-order valence-electron chi connectivity index (χ1n) is 8.49. The maximum absolute atomic E-state index is 13.6. The minimum absolute atomic E-state index is 0.00108. The van der Waals surface area contributed by atoms with Crippen molar-refractivity contribution in [3.8, 4) is 11.3 Å². The van der Waals surface area contributed by atoms with Crippen LogP contribution in [0.5, 0.6) is 0 Å². The summed E-state index contributed by atoms with van der Waals surface area (Å²) in [6.45, 7) is 3.60. The van der Waals surface area contributed by atoms with Gasteiger partial charge < -0.3 is 10.7 Å². The van der Waals surface area contributed by atoms with Gasteiger partial charge >= 0.3 is 6.18 Å². The first-order valence-corrected chi connectivity index (χ1v) is 8.49. The third-order valence-corrected chi connectivity index (χ3v) is 4.07. The van der Waals surface area contributed by atoms with Crippen molar-refractivity contribution in [3.05, 3.63) is 58.4 Å². The van der Waals surface area contributed by atoms with Crippen molar-refractivity contribution in [1.29, 1.82) is 0 Å². The van der Waals surface area contributed by atoms with Gasteiger partial charge in [0.2, 0.25) is 11.5 Å². The first kappa shape index (κ1) is 20.7. The Morgan fingerprint density at radius 2 is 1.78 bits per heavy atom. The average Bonchev–Trinajstić information content (AvgIpc) is 2.57. The van der Waals surface area contributed by atoms with Gasteiger partial charge in [-0.1, -0.05) is 44.2 Å². The molecule has 1 aromatic heterocycles. The zero-order valence-corrected chi connectivity index (χ0v) is 15.0. The second kappa shape index (κ2) is 8.39.